The number of hydrogen-bond acceptors (Lipinski definition) is 6. The molecule has 0 fully saturated rings. The van der Waals surface area contributed by atoms with E-state index in [-0.39, 0.29) is 41.6 Å². The van der Waals surface area contributed by atoms with Crippen LogP contribution in [0.4, 0.5) is 0 Å². The second kappa shape index (κ2) is 8.52. The maximum Gasteiger partial charge on any atom is 0.290 e. The van der Waals surface area contributed by atoms with Crippen molar-refractivity contribution < 1.29 is 9.32 Å². The van der Waals surface area contributed by atoms with Crippen molar-refractivity contribution in [1.29, 1.82) is 0 Å². The summed E-state index contributed by atoms with van der Waals surface area (Å²) in [7, 11) is 0. The molecule has 1 atom stereocenters. The number of aromatic nitrogens is 3. The van der Waals surface area contributed by atoms with Crippen LogP contribution in [-0.4, -0.2) is 26.9 Å². The molecular weight excluding hydrogens is 376 g/mol. The van der Waals surface area contributed by atoms with Crippen molar-refractivity contribution >= 4 is 17.2 Å². The van der Waals surface area contributed by atoms with Crippen molar-refractivity contribution in [3.63, 3.8) is 0 Å². The predicted octanol–water partition coefficient (Wildman–Crippen LogP) is 3.54. The SMILES string of the molecule is CC(C)c1cc(C(=O)N[C@@H](Cn2nc(-c3cccs3)ccc2=O)C(C)C)on1. The van der Waals surface area contributed by atoms with Crippen molar-refractivity contribution in [2.45, 2.75) is 46.2 Å². The molecule has 3 aromatic rings. The Balaban J connectivity index is 1.78. The summed E-state index contributed by atoms with van der Waals surface area (Å²) in [5, 5.41) is 13.3. The van der Waals surface area contributed by atoms with E-state index in [9.17, 15) is 9.59 Å². The highest BCUT2D eigenvalue weighted by molar-refractivity contribution is 7.13. The van der Waals surface area contributed by atoms with Gasteiger partial charge < -0.3 is 9.84 Å². The highest BCUT2D eigenvalue weighted by Crippen LogP contribution is 2.21. The van der Waals surface area contributed by atoms with Crippen LogP contribution in [0.5, 0.6) is 0 Å². The van der Waals surface area contributed by atoms with Gasteiger partial charge in [0.2, 0.25) is 5.76 Å². The number of hydrogen-bond donors (Lipinski definition) is 1. The standard InChI is InChI=1S/C20H24N4O3S/c1-12(2)15-10-17(27-23-15)20(26)21-16(13(3)4)11-24-19(25)8-7-14(22-24)18-6-5-9-28-18/h5-10,12-13,16H,11H2,1-4H3,(H,21,26)/t16-/m0/s1. The summed E-state index contributed by atoms with van der Waals surface area (Å²) < 4.78 is 6.57. The van der Waals surface area contributed by atoms with E-state index in [0.29, 0.717) is 0 Å². The minimum Gasteiger partial charge on any atom is -0.351 e. The fourth-order valence-corrected chi connectivity index (χ4v) is 3.34. The monoisotopic (exact) mass is 400 g/mol. The van der Waals surface area contributed by atoms with Crippen molar-refractivity contribution in [3.8, 4) is 10.6 Å². The van der Waals surface area contributed by atoms with Gasteiger partial charge in [0.1, 0.15) is 5.69 Å². The largest absolute Gasteiger partial charge is 0.351 e. The van der Waals surface area contributed by atoms with Gasteiger partial charge in [-0.3, -0.25) is 9.59 Å². The van der Waals surface area contributed by atoms with Crippen LogP contribution in [0, 0.1) is 5.92 Å². The lowest BCUT2D eigenvalue weighted by Crippen LogP contribution is -2.43. The van der Waals surface area contributed by atoms with Gasteiger partial charge in [-0.15, -0.1) is 11.3 Å². The molecule has 0 aromatic carbocycles. The fraction of sp³-hybridized carbons (Fsp3) is 0.400. The van der Waals surface area contributed by atoms with E-state index in [1.54, 1.807) is 23.5 Å². The molecule has 1 N–H and O–H groups in total. The number of rotatable bonds is 7. The van der Waals surface area contributed by atoms with E-state index in [1.807, 2.05) is 45.2 Å². The third-order valence-electron chi connectivity index (χ3n) is 4.47. The Morgan fingerprint density at radius 1 is 1.25 bits per heavy atom. The molecule has 28 heavy (non-hydrogen) atoms. The molecule has 0 saturated heterocycles. The topological polar surface area (TPSA) is 90.0 Å². The molecule has 0 saturated carbocycles. The summed E-state index contributed by atoms with van der Waals surface area (Å²) in [6, 6.07) is 8.49. The highest BCUT2D eigenvalue weighted by atomic mass is 32.1. The van der Waals surface area contributed by atoms with Crippen molar-refractivity contribution in [2.24, 2.45) is 5.92 Å². The molecule has 0 aliphatic rings. The third-order valence-corrected chi connectivity index (χ3v) is 5.37. The highest BCUT2D eigenvalue weighted by Gasteiger charge is 2.22. The van der Waals surface area contributed by atoms with Gasteiger partial charge in [0.25, 0.3) is 11.5 Å². The van der Waals surface area contributed by atoms with Gasteiger partial charge in [-0.1, -0.05) is 38.9 Å². The second-order valence-electron chi connectivity index (χ2n) is 7.31. The van der Waals surface area contributed by atoms with Crippen LogP contribution in [0.15, 0.2) is 45.0 Å². The van der Waals surface area contributed by atoms with Crippen molar-refractivity contribution in [2.75, 3.05) is 0 Å². The lowest BCUT2D eigenvalue weighted by Gasteiger charge is -2.22. The second-order valence-corrected chi connectivity index (χ2v) is 8.26. The average Bonchev–Trinajstić information content (AvgIpc) is 3.34. The summed E-state index contributed by atoms with van der Waals surface area (Å²) in [5.74, 6) is 0.0899. The van der Waals surface area contributed by atoms with E-state index >= 15 is 0 Å². The van der Waals surface area contributed by atoms with Gasteiger partial charge >= 0.3 is 0 Å². The molecule has 1 amide bonds. The summed E-state index contributed by atoms with van der Waals surface area (Å²) in [6.07, 6.45) is 0. The van der Waals surface area contributed by atoms with Crippen LogP contribution < -0.4 is 10.9 Å². The number of carbonyl (C=O) groups is 1. The van der Waals surface area contributed by atoms with Crippen molar-refractivity contribution in [3.05, 3.63) is 57.5 Å². The zero-order valence-electron chi connectivity index (χ0n) is 16.4. The van der Waals surface area contributed by atoms with E-state index in [1.165, 1.54) is 10.7 Å². The number of amides is 1. The molecule has 7 nitrogen and oxygen atoms in total. The van der Waals surface area contributed by atoms with Gasteiger partial charge in [-0.2, -0.15) is 5.10 Å². The average molecular weight is 401 g/mol. The Morgan fingerprint density at radius 3 is 2.64 bits per heavy atom. The molecule has 3 rings (SSSR count). The van der Waals surface area contributed by atoms with Gasteiger partial charge in [0.15, 0.2) is 0 Å². The predicted molar refractivity (Wildman–Crippen MR) is 108 cm³/mol. The zero-order valence-corrected chi connectivity index (χ0v) is 17.2. The van der Waals surface area contributed by atoms with Crippen LogP contribution in [0.1, 0.15) is 49.9 Å². The maximum atomic E-state index is 12.6. The normalized spacial score (nSPS) is 12.5. The van der Waals surface area contributed by atoms with Gasteiger partial charge in [-0.05, 0) is 29.3 Å². The molecular formula is C20H24N4O3S. The van der Waals surface area contributed by atoms with E-state index in [4.69, 9.17) is 4.52 Å². The summed E-state index contributed by atoms with van der Waals surface area (Å²) >= 11 is 1.56. The first kappa shape index (κ1) is 20.0. The summed E-state index contributed by atoms with van der Waals surface area (Å²) in [4.78, 5) is 25.9. The minimum absolute atomic E-state index is 0.0931. The number of nitrogens with one attached hydrogen (secondary N) is 1. The lowest BCUT2D eigenvalue weighted by atomic mass is 10.0. The molecule has 8 heteroatoms. The van der Waals surface area contributed by atoms with Gasteiger partial charge in [0, 0.05) is 12.1 Å². The molecule has 0 aliphatic heterocycles. The van der Waals surface area contributed by atoms with Crippen molar-refractivity contribution in [1.82, 2.24) is 20.3 Å². The van der Waals surface area contributed by atoms with Gasteiger partial charge in [0.05, 0.1) is 23.2 Å². The minimum atomic E-state index is -0.347. The maximum absolute atomic E-state index is 12.6. The van der Waals surface area contributed by atoms with Crippen LogP contribution in [-0.2, 0) is 6.54 Å². The van der Waals surface area contributed by atoms with Crippen LogP contribution in [0.2, 0.25) is 0 Å². The summed E-state index contributed by atoms with van der Waals surface area (Å²) in [5.41, 5.74) is 1.26. The van der Waals surface area contributed by atoms with Crippen LogP contribution >= 0.6 is 11.3 Å². The third kappa shape index (κ3) is 4.56. The Morgan fingerprint density at radius 2 is 2.04 bits per heavy atom. The Labute approximate surface area is 167 Å². The first-order chi connectivity index (χ1) is 13.3. The molecule has 0 radical (unpaired) electrons. The fourth-order valence-electron chi connectivity index (χ4n) is 2.65. The number of carbonyl (C=O) groups excluding carboxylic acids is 1. The molecule has 0 spiro atoms. The molecule has 0 unspecified atom stereocenters. The first-order valence-electron chi connectivity index (χ1n) is 9.24. The molecule has 3 aromatic heterocycles. The van der Waals surface area contributed by atoms with E-state index < -0.39 is 0 Å². The first-order valence-corrected chi connectivity index (χ1v) is 10.1. The quantitative estimate of drug-likeness (QED) is 0.655. The molecule has 0 aliphatic carbocycles. The van der Waals surface area contributed by atoms with Crippen LogP contribution in [0.25, 0.3) is 10.6 Å². The molecule has 0 bridgehead atoms. The van der Waals surface area contributed by atoms with E-state index in [0.717, 1.165) is 16.3 Å². The van der Waals surface area contributed by atoms with Gasteiger partial charge in [-0.25, -0.2) is 4.68 Å². The Bertz CT molecular complexity index is 989. The lowest BCUT2D eigenvalue weighted by molar-refractivity contribution is 0.0881. The Hall–Kier alpha value is -2.74. The number of nitrogens with zero attached hydrogens (tertiary/aromatic N) is 3. The smallest absolute Gasteiger partial charge is 0.290 e. The molecule has 148 valence electrons. The Kier molecular flexibility index (Phi) is 6.08. The van der Waals surface area contributed by atoms with E-state index in [2.05, 4.69) is 15.6 Å². The zero-order chi connectivity index (χ0) is 20.3. The van der Waals surface area contributed by atoms with Crippen LogP contribution in [0.3, 0.4) is 0 Å². The number of thiophene rings is 1. The summed E-state index contributed by atoms with van der Waals surface area (Å²) in [6.45, 7) is 8.20. The molecule has 3 heterocycles.